The van der Waals surface area contributed by atoms with Gasteiger partial charge in [-0.2, -0.15) is 0 Å². The lowest BCUT2D eigenvalue weighted by Crippen LogP contribution is -2.34. The van der Waals surface area contributed by atoms with Gasteiger partial charge >= 0.3 is 5.97 Å². The minimum Gasteiger partial charge on any atom is -0.481 e. The molecule has 2 aromatic carbocycles. The summed E-state index contributed by atoms with van der Waals surface area (Å²) in [4.78, 5) is 36.9. The Morgan fingerprint density at radius 3 is 2.52 bits per heavy atom. The van der Waals surface area contributed by atoms with E-state index in [2.05, 4.69) is 26.6 Å². The predicted octanol–water partition coefficient (Wildman–Crippen LogP) is 4.92. The largest absolute Gasteiger partial charge is 0.481 e. The van der Waals surface area contributed by atoms with Crippen molar-refractivity contribution in [3.63, 3.8) is 0 Å². The summed E-state index contributed by atoms with van der Waals surface area (Å²) in [5.41, 5.74) is 0.623. The lowest BCUT2D eigenvalue weighted by molar-refractivity contribution is -0.146. The van der Waals surface area contributed by atoms with Gasteiger partial charge < -0.3 is 15.7 Å². The summed E-state index contributed by atoms with van der Waals surface area (Å²) < 4.78 is 14.4. The van der Waals surface area contributed by atoms with Crippen LogP contribution in [0.25, 0.3) is 0 Å². The number of rotatable bonds is 7. The number of carboxylic acid groups (broad SMARTS) is 1. The van der Waals surface area contributed by atoms with Gasteiger partial charge in [-0.15, -0.1) is 11.8 Å². The number of carboxylic acids is 1. The molecule has 2 aromatic rings. The van der Waals surface area contributed by atoms with Crippen molar-refractivity contribution < 1.29 is 23.9 Å². The summed E-state index contributed by atoms with van der Waals surface area (Å²) >= 11 is 4.40. The van der Waals surface area contributed by atoms with Crippen LogP contribution in [0.3, 0.4) is 0 Å². The highest BCUT2D eigenvalue weighted by Crippen LogP contribution is 2.28. The molecule has 1 aliphatic rings. The number of amides is 2. The lowest BCUT2D eigenvalue weighted by Gasteiger charge is -2.24. The first kappa shape index (κ1) is 23.0. The van der Waals surface area contributed by atoms with E-state index in [9.17, 15) is 23.9 Å². The number of benzene rings is 2. The Bertz CT molecular complexity index is 1030. The van der Waals surface area contributed by atoms with Gasteiger partial charge in [-0.05, 0) is 49.2 Å². The first-order valence-electron chi connectivity index (χ1n) is 9.50. The van der Waals surface area contributed by atoms with Crippen LogP contribution in [-0.4, -0.2) is 28.6 Å². The summed E-state index contributed by atoms with van der Waals surface area (Å²) in [6.45, 7) is 0. The first-order chi connectivity index (χ1) is 14.8. The van der Waals surface area contributed by atoms with E-state index in [1.165, 1.54) is 23.9 Å². The molecule has 3 N–H and O–H groups in total. The normalized spacial score (nSPS) is 17.7. The van der Waals surface area contributed by atoms with Crippen molar-refractivity contribution in [2.75, 3.05) is 16.4 Å². The standard InChI is InChI=1S/C22H20BrFN2O4S/c23-13-8-9-19(18(24)10-13)26-20(27)12-31-15-5-3-4-14(11-15)25-21(28)16-6-1-2-7-17(16)22(29)30/h1-5,8-11,16-17H,6-7,12H2,(H,25,28)(H,26,27)(H,29,30). The smallest absolute Gasteiger partial charge is 0.307 e. The van der Waals surface area contributed by atoms with Crippen molar-refractivity contribution in [1.82, 2.24) is 0 Å². The maximum atomic E-state index is 13.8. The summed E-state index contributed by atoms with van der Waals surface area (Å²) in [5, 5.41) is 14.6. The Hall–Kier alpha value is -2.65. The van der Waals surface area contributed by atoms with E-state index in [1.807, 2.05) is 6.08 Å². The average molecular weight is 507 g/mol. The Morgan fingerprint density at radius 2 is 1.81 bits per heavy atom. The van der Waals surface area contributed by atoms with Crippen LogP contribution < -0.4 is 10.6 Å². The summed E-state index contributed by atoms with van der Waals surface area (Å²) in [5.74, 6) is -3.55. The molecule has 2 unspecified atom stereocenters. The van der Waals surface area contributed by atoms with Crippen molar-refractivity contribution in [2.45, 2.75) is 17.7 Å². The van der Waals surface area contributed by atoms with Crippen LogP contribution in [0.5, 0.6) is 0 Å². The number of nitrogens with one attached hydrogen (secondary N) is 2. The van der Waals surface area contributed by atoms with E-state index in [4.69, 9.17) is 0 Å². The summed E-state index contributed by atoms with van der Waals surface area (Å²) in [6.07, 6.45) is 4.31. The fourth-order valence-electron chi connectivity index (χ4n) is 3.20. The number of hydrogen-bond acceptors (Lipinski definition) is 4. The highest BCUT2D eigenvalue weighted by molar-refractivity contribution is 9.10. The topological polar surface area (TPSA) is 95.5 Å². The molecule has 3 rings (SSSR count). The molecule has 162 valence electrons. The molecule has 0 aromatic heterocycles. The minimum atomic E-state index is -0.984. The van der Waals surface area contributed by atoms with Gasteiger partial charge in [-0.3, -0.25) is 14.4 Å². The van der Waals surface area contributed by atoms with E-state index in [1.54, 1.807) is 36.4 Å². The molecule has 9 heteroatoms. The zero-order valence-electron chi connectivity index (χ0n) is 16.3. The van der Waals surface area contributed by atoms with Gasteiger partial charge in [0.2, 0.25) is 11.8 Å². The second-order valence-corrected chi connectivity index (χ2v) is 8.94. The first-order valence-corrected chi connectivity index (χ1v) is 11.3. The number of hydrogen-bond donors (Lipinski definition) is 3. The highest BCUT2D eigenvalue weighted by atomic mass is 79.9. The van der Waals surface area contributed by atoms with Gasteiger partial charge in [0.05, 0.1) is 23.3 Å². The van der Waals surface area contributed by atoms with Crippen LogP contribution in [0, 0.1) is 17.7 Å². The molecule has 0 heterocycles. The van der Waals surface area contributed by atoms with Crippen molar-refractivity contribution in [2.24, 2.45) is 11.8 Å². The Morgan fingerprint density at radius 1 is 1.06 bits per heavy atom. The van der Waals surface area contributed by atoms with Crippen LogP contribution in [0.15, 0.2) is 64.0 Å². The molecule has 1 aliphatic carbocycles. The van der Waals surface area contributed by atoms with Gasteiger partial charge in [0, 0.05) is 15.1 Å². The molecule has 0 spiro atoms. The molecule has 0 fully saturated rings. The molecular weight excluding hydrogens is 487 g/mol. The molecule has 31 heavy (non-hydrogen) atoms. The van der Waals surface area contributed by atoms with E-state index in [0.717, 1.165) is 4.90 Å². The van der Waals surface area contributed by atoms with Crippen LogP contribution in [-0.2, 0) is 14.4 Å². The SMILES string of the molecule is O=C(CSc1cccc(NC(=O)C2CC=CCC2C(=O)O)c1)Nc1ccc(Br)cc1F. The van der Waals surface area contributed by atoms with E-state index in [-0.39, 0.29) is 23.3 Å². The Kier molecular flexibility index (Phi) is 7.86. The number of anilines is 2. The van der Waals surface area contributed by atoms with Crippen molar-refractivity contribution >= 4 is 56.9 Å². The van der Waals surface area contributed by atoms with E-state index >= 15 is 0 Å². The van der Waals surface area contributed by atoms with Gasteiger partial charge in [-0.1, -0.05) is 34.1 Å². The summed E-state index contributed by atoms with van der Waals surface area (Å²) in [7, 11) is 0. The minimum absolute atomic E-state index is 0.0570. The molecule has 2 amide bonds. The van der Waals surface area contributed by atoms with E-state index < -0.39 is 23.6 Å². The summed E-state index contributed by atoms with van der Waals surface area (Å²) in [6, 6.07) is 11.3. The maximum absolute atomic E-state index is 13.8. The van der Waals surface area contributed by atoms with Crippen molar-refractivity contribution in [1.29, 1.82) is 0 Å². The zero-order valence-corrected chi connectivity index (χ0v) is 18.7. The molecular formula is C22H20BrFN2O4S. The van der Waals surface area contributed by atoms with Crippen LogP contribution in [0.2, 0.25) is 0 Å². The van der Waals surface area contributed by atoms with Crippen molar-refractivity contribution in [3.05, 3.63) is 64.9 Å². The monoisotopic (exact) mass is 506 g/mol. The second-order valence-electron chi connectivity index (χ2n) is 6.97. The molecule has 0 aliphatic heterocycles. The van der Waals surface area contributed by atoms with Crippen LogP contribution in [0.4, 0.5) is 15.8 Å². The fraction of sp³-hybridized carbons (Fsp3) is 0.227. The number of halogens is 2. The average Bonchev–Trinajstić information content (AvgIpc) is 2.74. The van der Waals surface area contributed by atoms with Crippen molar-refractivity contribution in [3.8, 4) is 0 Å². The zero-order chi connectivity index (χ0) is 22.4. The second kappa shape index (κ2) is 10.6. The third kappa shape index (κ3) is 6.41. The van der Waals surface area contributed by atoms with Crippen LogP contribution >= 0.6 is 27.7 Å². The third-order valence-corrected chi connectivity index (χ3v) is 6.25. The lowest BCUT2D eigenvalue weighted by atomic mass is 9.82. The van der Waals surface area contributed by atoms with Gasteiger partial charge in [0.25, 0.3) is 0 Å². The molecule has 6 nitrogen and oxygen atoms in total. The Labute approximate surface area is 191 Å². The molecule has 0 saturated heterocycles. The fourth-order valence-corrected chi connectivity index (χ4v) is 4.29. The maximum Gasteiger partial charge on any atom is 0.307 e. The number of carbonyl (C=O) groups is 3. The molecule has 0 bridgehead atoms. The highest BCUT2D eigenvalue weighted by Gasteiger charge is 2.33. The predicted molar refractivity (Wildman–Crippen MR) is 122 cm³/mol. The molecule has 0 saturated carbocycles. The molecule has 0 radical (unpaired) electrons. The third-order valence-electron chi connectivity index (χ3n) is 4.76. The Balaban J connectivity index is 1.57. The van der Waals surface area contributed by atoms with Crippen LogP contribution in [0.1, 0.15) is 12.8 Å². The van der Waals surface area contributed by atoms with Gasteiger partial charge in [0.15, 0.2) is 0 Å². The number of allylic oxidation sites excluding steroid dienone is 2. The van der Waals surface area contributed by atoms with Gasteiger partial charge in [0.1, 0.15) is 5.82 Å². The number of thioether (sulfide) groups is 1. The molecule has 2 atom stereocenters. The van der Waals surface area contributed by atoms with E-state index in [0.29, 0.717) is 23.0 Å². The number of aliphatic carboxylic acids is 1. The van der Waals surface area contributed by atoms with Gasteiger partial charge in [-0.25, -0.2) is 4.39 Å². The number of carbonyl (C=O) groups excluding carboxylic acids is 2. The quantitative estimate of drug-likeness (QED) is 0.365.